The largest absolute Gasteiger partial charge is 0.451 e. The standard InChI is InChI=1S/C20H17BrN2O3/c21-15-4-5-17-13(7-15)8-18(26-17)20(25)22-9-12-6-14(11-22)16-2-1-3-19(24)23(16)10-12/h1-5,7-8,12,14H,6,9-11H2/t12-,14+/m0/s1. The van der Waals surface area contributed by atoms with Crippen LogP contribution in [-0.2, 0) is 6.54 Å². The van der Waals surface area contributed by atoms with Crippen molar-refractivity contribution in [1.82, 2.24) is 9.47 Å². The average molecular weight is 413 g/mol. The topological polar surface area (TPSA) is 55.5 Å². The number of piperidine rings is 1. The Bertz CT molecular complexity index is 1080. The first-order valence-electron chi connectivity index (χ1n) is 8.76. The van der Waals surface area contributed by atoms with Gasteiger partial charge in [-0.2, -0.15) is 0 Å². The van der Waals surface area contributed by atoms with Gasteiger partial charge < -0.3 is 13.9 Å². The van der Waals surface area contributed by atoms with E-state index in [0.717, 1.165) is 22.0 Å². The third-order valence-corrected chi connectivity index (χ3v) is 5.95. The number of furan rings is 1. The summed E-state index contributed by atoms with van der Waals surface area (Å²) in [5, 5.41) is 0.914. The van der Waals surface area contributed by atoms with Crippen LogP contribution in [0.4, 0.5) is 0 Å². The van der Waals surface area contributed by atoms with E-state index in [1.54, 1.807) is 6.07 Å². The predicted molar refractivity (Wildman–Crippen MR) is 101 cm³/mol. The molecule has 132 valence electrons. The molecule has 0 aliphatic carbocycles. The Morgan fingerprint density at radius 3 is 2.88 bits per heavy atom. The van der Waals surface area contributed by atoms with Crippen LogP contribution in [0.2, 0.25) is 0 Å². The second kappa shape index (κ2) is 5.84. The second-order valence-electron chi connectivity index (χ2n) is 7.20. The fraction of sp³-hybridized carbons (Fsp3) is 0.300. The number of fused-ring (bicyclic) bond motifs is 5. The van der Waals surface area contributed by atoms with Crippen molar-refractivity contribution >= 4 is 32.8 Å². The molecule has 1 fully saturated rings. The molecule has 0 N–H and O–H groups in total. The van der Waals surface area contributed by atoms with E-state index >= 15 is 0 Å². The maximum Gasteiger partial charge on any atom is 0.289 e. The zero-order valence-corrected chi connectivity index (χ0v) is 15.6. The zero-order valence-electron chi connectivity index (χ0n) is 14.0. The van der Waals surface area contributed by atoms with Crippen LogP contribution in [0, 0.1) is 5.92 Å². The summed E-state index contributed by atoms with van der Waals surface area (Å²) in [6.07, 6.45) is 1.03. The number of aromatic nitrogens is 1. The molecule has 1 amide bonds. The fourth-order valence-electron chi connectivity index (χ4n) is 4.34. The molecule has 0 saturated carbocycles. The number of halogens is 1. The third kappa shape index (κ3) is 2.51. The lowest BCUT2D eigenvalue weighted by atomic mass is 9.83. The van der Waals surface area contributed by atoms with Crippen LogP contribution < -0.4 is 5.56 Å². The van der Waals surface area contributed by atoms with Gasteiger partial charge in [-0.3, -0.25) is 9.59 Å². The van der Waals surface area contributed by atoms with E-state index < -0.39 is 0 Å². The lowest BCUT2D eigenvalue weighted by Gasteiger charge is -2.42. The number of nitrogens with zero attached hydrogens (tertiary/aromatic N) is 2. The molecular formula is C20H17BrN2O3. The monoisotopic (exact) mass is 412 g/mol. The molecule has 1 aromatic carbocycles. The van der Waals surface area contributed by atoms with Crippen LogP contribution in [0.15, 0.2) is 56.1 Å². The summed E-state index contributed by atoms with van der Waals surface area (Å²) in [7, 11) is 0. The number of rotatable bonds is 1. The molecule has 1 saturated heterocycles. The molecule has 2 aliphatic rings. The quantitative estimate of drug-likeness (QED) is 0.613. The molecule has 4 heterocycles. The van der Waals surface area contributed by atoms with Gasteiger partial charge in [-0.15, -0.1) is 0 Å². The molecule has 5 nitrogen and oxygen atoms in total. The highest BCUT2D eigenvalue weighted by atomic mass is 79.9. The number of pyridine rings is 1. The van der Waals surface area contributed by atoms with E-state index in [4.69, 9.17) is 4.42 Å². The van der Waals surface area contributed by atoms with E-state index in [1.807, 2.05) is 45.9 Å². The minimum absolute atomic E-state index is 0.0554. The van der Waals surface area contributed by atoms with Crippen molar-refractivity contribution in [1.29, 1.82) is 0 Å². The number of hydrogen-bond donors (Lipinski definition) is 0. The van der Waals surface area contributed by atoms with E-state index in [9.17, 15) is 9.59 Å². The van der Waals surface area contributed by atoms with Crippen molar-refractivity contribution in [2.24, 2.45) is 5.92 Å². The van der Waals surface area contributed by atoms with Crippen LogP contribution >= 0.6 is 15.9 Å². The molecule has 0 radical (unpaired) electrons. The summed E-state index contributed by atoms with van der Waals surface area (Å²) in [5.74, 6) is 0.824. The summed E-state index contributed by atoms with van der Waals surface area (Å²) in [6, 6.07) is 13.0. The Labute approximate surface area is 158 Å². The van der Waals surface area contributed by atoms with Crippen molar-refractivity contribution in [3.8, 4) is 0 Å². The number of hydrogen-bond acceptors (Lipinski definition) is 3. The summed E-state index contributed by atoms with van der Waals surface area (Å²) >= 11 is 3.44. The molecule has 0 spiro atoms. The first kappa shape index (κ1) is 15.9. The lowest BCUT2D eigenvalue weighted by molar-refractivity contribution is 0.0566. The molecule has 5 rings (SSSR count). The van der Waals surface area contributed by atoms with Gasteiger partial charge >= 0.3 is 0 Å². The minimum atomic E-state index is -0.0706. The van der Waals surface area contributed by atoms with Crippen molar-refractivity contribution in [2.75, 3.05) is 13.1 Å². The number of likely N-dealkylation sites (tertiary alicyclic amines) is 1. The van der Waals surface area contributed by atoms with E-state index in [1.165, 1.54) is 0 Å². The van der Waals surface area contributed by atoms with Crippen LogP contribution in [0.25, 0.3) is 11.0 Å². The molecular weight excluding hydrogens is 396 g/mol. The molecule has 2 aromatic heterocycles. The molecule has 2 bridgehead atoms. The Balaban J connectivity index is 1.46. The number of amides is 1. The average Bonchev–Trinajstić information content (AvgIpc) is 3.05. The third-order valence-electron chi connectivity index (χ3n) is 5.46. The van der Waals surface area contributed by atoms with Gasteiger partial charge in [-0.05, 0) is 42.7 Å². The highest BCUT2D eigenvalue weighted by molar-refractivity contribution is 9.10. The SMILES string of the molecule is O=C(c1cc2cc(Br)ccc2o1)N1C[C@@H]2C[C@H](C1)c1cccc(=O)n1C2. The summed E-state index contributed by atoms with van der Waals surface area (Å²) in [6.45, 7) is 1.97. The first-order valence-corrected chi connectivity index (χ1v) is 9.56. The molecule has 3 aromatic rings. The van der Waals surface area contributed by atoms with Crippen LogP contribution in [0.3, 0.4) is 0 Å². The van der Waals surface area contributed by atoms with Crippen molar-refractivity contribution < 1.29 is 9.21 Å². The van der Waals surface area contributed by atoms with Gasteiger partial charge in [-0.1, -0.05) is 22.0 Å². The van der Waals surface area contributed by atoms with Crippen LogP contribution in [-0.4, -0.2) is 28.5 Å². The lowest BCUT2D eigenvalue weighted by Crippen LogP contribution is -2.49. The predicted octanol–water partition coefficient (Wildman–Crippen LogP) is 3.62. The Kier molecular flexibility index (Phi) is 3.57. The highest BCUT2D eigenvalue weighted by Gasteiger charge is 2.37. The fourth-order valence-corrected chi connectivity index (χ4v) is 4.72. The normalized spacial score (nSPS) is 21.7. The second-order valence-corrected chi connectivity index (χ2v) is 8.12. The van der Waals surface area contributed by atoms with Gasteiger partial charge in [0.1, 0.15) is 5.58 Å². The van der Waals surface area contributed by atoms with Crippen molar-refractivity contribution in [3.05, 3.63) is 68.7 Å². The van der Waals surface area contributed by atoms with E-state index in [2.05, 4.69) is 15.9 Å². The Morgan fingerprint density at radius 1 is 1.12 bits per heavy atom. The molecule has 2 aliphatic heterocycles. The Morgan fingerprint density at radius 2 is 2.00 bits per heavy atom. The smallest absolute Gasteiger partial charge is 0.289 e. The van der Waals surface area contributed by atoms with Crippen LogP contribution in [0.1, 0.15) is 28.6 Å². The minimum Gasteiger partial charge on any atom is -0.451 e. The molecule has 2 atom stereocenters. The molecule has 0 unspecified atom stereocenters. The van der Waals surface area contributed by atoms with Gasteiger partial charge in [0, 0.05) is 47.2 Å². The number of benzene rings is 1. The van der Waals surface area contributed by atoms with Gasteiger partial charge in [-0.25, -0.2) is 0 Å². The summed E-state index contributed by atoms with van der Waals surface area (Å²) < 4.78 is 8.61. The first-order chi connectivity index (χ1) is 12.6. The van der Waals surface area contributed by atoms with Gasteiger partial charge in [0.25, 0.3) is 11.5 Å². The summed E-state index contributed by atoms with van der Waals surface area (Å²) in [4.78, 5) is 27.0. The number of carbonyl (C=O) groups excluding carboxylic acids is 1. The van der Waals surface area contributed by atoms with Crippen molar-refractivity contribution in [3.63, 3.8) is 0 Å². The number of carbonyl (C=O) groups is 1. The zero-order chi connectivity index (χ0) is 17.8. The van der Waals surface area contributed by atoms with E-state index in [0.29, 0.717) is 36.9 Å². The molecule has 6 heteroatoms. The maximum atomic E-state index is 13.0. The van der Waals surface area contributed by atoms with Gasteiger partial charge in [0.2, 0.25) is 0 Å². The van der Waals surface area contributed by atoms with E-state index in [-0.39, 0.29) is 17.4 Å². The molecule has 26 heavy (non-hydrogen) atoms. The summed E-state index contributed by atoms with van der Waals surface area (Å²) in [5.41, 5.74) is 1.81. The van der Waals surface area contributed by atoms with Gasteiger partial charge in [0.05, 0.1) is 0 Å². The Hall–Kier alpha value is -2.34. The highest BCUT2D eigenvalue weighted by Crippen LogP contribution is 2.36. The van der Waals surface area contributed by atoms with Crippen LogP contribution in [0.5, 0.6) is 0 Å². The van der Waals surface area contributed by atoms with Crippen molar-refractivity contribution in [2.45, 2.75) is 18.9 Å². The van der Waals surface area contributed by atoms with Gasteiger partial charge in [0.15, 0.2) is 5.76 Å². The maximum absolute atomic E-state index is 13.0.